The minimum absolute atomic E-state index is 0.0183. The number of hydrogen-bond donors (Lipinski definition) is 9. The SMILES string of the molecule is CC(C)=CC(=O)OC1CC(C)(C)CC2C3=CCC4C5(C)CCC(OC6OC(C(=O)O)C(O)C(O)C6OC6OC(C)C(O)C(O)C6O)C(C)(C)C5CCC4(C)C3(C)C(O)C(O)C12CO. The first-order valence-electron chi connectivity index (χ1n) is 22.9. The molecule has 63 heavy (non-hydrogen) atoms. The Morgan fingerprint density at radius 1 is 0.778 bits per heavy atom. The molecule has 5 aliphatic carbocycles. The van der Waals surface area contributed by atoms with Crippen molar-refractivity contribution in [2.24, 2.45) is 50.2 Å². The van der Waals surface area contributed by atoms with Gasteiger partial charge in [0.25, 0.3) is 0 Å². The highest BCUT2D eigenvalue weighted by molar-refractivity contribution is 5.82. The Labute approximate surface area is 370 Å². The smallest absolute Gasteiger partial charge is 0.335 e. The molecule has 21 unspecified atom stereocenters. The molecule has 21 atom stereocenters. The van der Waals surface area contributed by atoms with Crippen molar-refractivity contribution in [1.29, 1.82) is 0 Å². The number of esters is 1. The first kappa shape index (κ1) is 48.9. The number of aliphatic carboxylic acids is 1. The van der Waals surface area contributed by atoms with E-state index in [0.717, 1.165) is 11.1 Å². The molecule has 16 heteroatoms. The summed E-state index contributed by atoms with van der Waals surface area (Å²) in [7, 11) is 0. The number of carbonyl (C=O) groups excluding carboxylic acids is 1. The summed E-state index contributed by atoms with van der Waals surface area (Å²) in [5.74, 6) is -2.41. The molecule has 0 aromatic rings. The number of carbonyl (C=O) groups is 2. The average Bonchev–Trinajstić information content (AvgIpc) is 3.18. The van der Waals surface area contributed by atoms with Crippen LogP contribution in [0, 0.1) is 50.2 Å². The minimum Gasteiger partial charge on any atom is -0.479 e. The molecule has 0 bridgehead atoms. The van der Waals surface area contributed by atoms with Crippen molar-refractivity contribution in [3.05, 3.63) is 23.3 Å². The van der Waals surface area contributed by atoms with Gasteiger partial charge in [-0.3, -0.25) is 0 Å². The molecule has 6 fully saturated rings. The van der Waals surface area contributed by atoms with Gasteiger partial charge < -0.3 is 69.6 Å². The highest BCUT2D eigenvalue weighted by Crippen LogP contribution is 2.76. The first-order chi connectivity index (χ1) is 29.1. The third-order valence-corrected chi connectivity index (χ3v) is 18.0. The van der Waals surface area contributed by atoms with Crippen LogP contribution >= 0.6 is 0 Å². The number of allylic oxidation sites excluding steroid dienone is 2. The molecule has 0 aromatic heterocycles. The molecule has 7 aliphatic rings. The van der Waals surface area contributed by atoms with E-state index in [1.807, 2.05) is 0 Å². The van der Waals surface area contributed by atoms with Gasteiger partial charge in [-0.1, -0.05) is 65.7 Å². The van der Waals surface area contributed by atoms with E-state index in [-0.39, 0.29) is 28.6 Å². The molecular weight excluding hydrogens is 821 g/mol. The Morgan fingerprint density at radius 2 is 1.44 bits per heavy atom. The van der Waals surface area contributed by atoms with Gasteiger partial charge in [-0.05, 0) is 105 Å². The van der Waals surface area contributed by atoms with Crippen molar-refractivity contribution in [3.8, 4) is 0 Å². The van der Waals surface area contributed by atoms with Crippen LogP contribution in [-0.2, 0) is 33.3 Å². The number of aliphatic hydroxyl groups excluding tert-OH is 8. The number of rotatable bonds is 8. The van der Waals surface area contributed by atoms with Crippen molar-refractivity contribution < 1.29 is 79.2 Å². The second-order valence-electron chi connectivity index (χ2n) is 22.6. The maximum absolute atomic E-state index is 13.2. The quantitative estimate of drug-likeness (QED) is 0.0733. The lowest BCUT2D eigenvalue weighted by Gasteiger charge is -2.73. The molecule has 4 saturated carbocycles. The zero-order valence-electron chi connectivity index (χ0n) is 38.5. The highest BCUT2D eigenvalue weighted by Gasteiger charge is 2.74. The van der Waals surface area contributed by atoms with E-state index in [4.69, 9.17) is 23.7 Å². The number of fused-ring (bicyclic) bond motifs is 7. The van der Waals surface area contributed by atoms with Gasteiger partial charge in [-0.25, -0.2) is 9.59 Å². The summed E-state index contributed by atoms with van der Waals surface area (Å²) in [6, 6.07) is 0. The van der Waals surface area contributed by atoms with Gasteiger partial charge in [-0.15, -0.1) is 0 Å². The van der Waals surface area contributed by atoms with Crippen LogP contribution in [0.3, 0.4) is 0 Å². The summed E-state index contributed by atoms with van der Waals surface area (Å²) in [6.07, 6.45) is -12.5. The third-order valence-electron chi connectivity index (χ3n) is 18.0. The molecule has 0 amide bonds. The fraction of sp³-hybridized carbons (Fsp3) is 0.872. The molecule has 0 spiro atoms. The highest BCUT2D eigenvalue weighted by atomic mass is 16.8. The summed E-state index contributed by atoms with van der Waals surface area (Å²) in [4.78, 5) is 25.4. The van der Waals surface area contributed by atoms with E-state index in [0.29, 0.717) is 44.9 Å². The van der Waals surface area contributed by atoms with E-state index in [1.165, 1.54) is 13.0 Å². The molecule has 0 radical (unpaired) electrons. The number of carboxylic acid groups (broad SMARTS) is 1. The Morgan fingerprint density at radius 3 is 2.06 bits per heavy atom. The molecule has 0 aromatic carbocycles. The van der Waals surface area contributed by atoms with Crippen molar-refractivity contribution in [3.63, 3.8) is 0 Å². The van der Waals surface area contributed by atoms with Gasteiger partial charge in [-0.2, -0.15) is 0 Å². The lowest BCUT2D eigenvalue weighted by atomic mass is 9.32. The largest absolute Gasteiger partial charge is 0.479 e. The molecular formula is C47H74O16. The number of aliphatic hydroxyl groups is 8. The summed E-state index contributed by atoms with van der Waals surface area (Å²) < 4.78 is 30.3. The van der Waals surface area contributed by atoms with Gasteiger partial charge in [0.2, 0.25) is 0 Å². The molecule has 9 N–H and O–H groups in total. The molecule has 2 heterocycles. The van der Waals surface area contributed by atoms with Crippen molar-refractivity contribution >= 4 is 11.9 Å². The monoisotopic (exact) mass is 894 g/mol. The van der Waals surface area contributed by atoms with Crippen LogP contribution in [0.4, 0.5) is 0 Å². The zero-order valence-corrected chi connectivity index (χ0v) is 38.5. The Hall–Kier alpha value is -2.06. The average molecular weight is 895 g/mol. The Bertz CT molecular complexity index is 1810. The van der Waals surface area contributed by atoms with Gasteiger partial charge in [0.05, 0.1) is 36.4 Å². The van der Waals surface area contributed by atoms with Crippen LogP contribution in [0.1, 0.15) is 114 Å². The van der Waals surface area contributed by atoms with E-state index < -0.39 is 126 Å². The summed E-state index contributed by atoms with van der Waals surface area (Å²) in [5, 5.41) is 100. The standard InChI is InChI=1S/C47H74O16/c1-21(2)17-29(49)60-28-19-42(4,5)18-24-23-11-12-26-44(8)15-14-27(43(6,7)25(44)13-16-45(26,9)46(23,10)37(55)38(56)47(24,28)20-48)61-41-36(33(53)32(52)35(62-41)39(57)58)63-40-34(54)31(51)30(50)22(3)59-40/h11,17,22,24-28,30-38,40-41,48,50-56H,12-16,18-20H2,1-10H3,(H,57,58). The van der Waals surface area contributed by atoms with Crippen LogP contribution in [-0.4, -0.2) is 150 Å². The lowest BCUT2D eigenvalue weighted by Crippen LogP contribution is -2.74. The maximum atomic E-state index is 13.2. The van der Waals surface area contributed by atoms with Crippen molar-refractivity contribution in [2.45, 2.75) is 200 Å². The van der Waals surface area contributed by atoms with Gasteiger partial charge in [0.1, 0.15) is 42.7 Å². The predicted octanol–water partition coefficient (Wildman–Crippen LogP) is 2.34. The van der Waals surface area contributed by atoms with Crippen molar-refractivity contribution in [2.75, 3.05) is 6.61 Å². The predicted molar refractivity (Wildman–Crippen MR) is 224 cm³/mol. The third kappa shape index (κ3) is 7.40. The minimum atomic E-state index is -1.94. The van der Waals surface area contributed by atoms with Gasteiger partial charge in [0, 0.05) is 11.5 Å². The number of carboxylic acids is 1. The Kier molecular flexibility index (Phi) is 12.9. The number of ether oxygens (including phenoxy) is 5. The summed E-state index contributed by atoms with van der Waals surface area (Å²) >= 11 is 0. The fourth-order valence-electron chi connectivity index (χ4n) is 14.5. The van der Waals surface area contributed by atoms with Gasteiger partial charge >= 0.3 is 11.9 Å². The first-order valence-corrected chi connectivity index (χ1v) is 22.9. The Balaban J connectivity index is 1.19. The molecule has 2 saturated heterocycles. The van der Waals surface area contributed by atoms with E-state index in [1.54, 1.807) is 13.8 Å². The normalized spacial score (nSPS) is 51.3. The van der Waals surface area contributed by atoms with Crippen LogP contribution in [0.15, 0.2) is 23.3 Å². The van der Waals surface area contributed by atoms with Gasteiger partial charge in [0.15, 0.2) is 18.7 Å². The fourth-order valence-corrected chi connectivity index (χ4v) is 14.5. The van der Waals surface area contributed by atoms with Crippen LogP contribution in [0.5, 0.6) is 0 Å². The topological polar surface area (TPSA) is 262 Å². The van der Waals surface area contributed by atoms with Crippen LogP contribution in [0.25, 0.3) is 0 Å². The number of hydrogen-bond acceptors (Lipinski definition) is 15. The summed E-state index contributed by atoms with van der Waals surface area (Å²) in [6.45, 7) is 19.6. The lowest BCUT2D eigenvalue weighted by molar-refractivity contribution is -0.372. The van der Waals surface area contributed by atoms with Crippen LogP contribution in [0.2, 0.25) is 0 Å². The molecule has 16 nitrogen and oxygen atoms in total. The van der Waals surface area contributed by atoms with E-state index in [9.17, 15) is 55.5 Å². The zero-order chi connectivity index (χ0) is 46.7. The summed E-state index contributed by atoms with van der Waals surface area (Å²) in [5.41, 5.74) is -2.25. The van der Waals surface area contributed by atoms with Crippen LogP contribution < -0.4 is 0 Å². The van der Waals surface area contributed by atoms with Crippen molar-refractivity contribution in [1.82, 2.24) is 0 Å². The molecule has 7 rings (SSSR count). The molecule has 2 aliphatic heterocycles. The second kappa shape index (κ2) is 16.6. The second-order valence-corrected chi connectivity index (χ2v) is 22.6. The molecule has 358 valence electrons. The maximum Gasteiger partial charge on any atom is 0.335 e. The van der Waals surface area contributed by atoms with E-state index in [2.05, 4.69) is 54.5 Å². The van der Waals surface area contributed by atoms with E-state index >= 15 is 0 Å².